The molecule has 0 radical (unpaired) electrons. The van der Waals surface area contributed by atoms with Crippen molar-refractivity contribution in [2.24, 2.45) is 10.7 Å². The largest absolute Gasteiger partial charge is 0.496 e. The van der Waals surface area contributed by atoms with Gasteiger partial charge in [-0.2, -0.15) is 0 Å². The molecular formula is C18H22N4O3. The minimum absolute atomic E-state index is 0.0119. The van der Waals surface area contributed by atoms with Crippen LogP contribution in [0.15, 0.2) is 47.5 Å². The first-order chi connectivity index (χ1) is 11.9. The fourth-order valence-electron chi connectivity index (χ4n) is 2.34. The number of hydrogen-bond acceptors (Lipinski definition) is 4. The predicted molar refractivity (Wildman–Crippen MR) is 99.1 cm³/mol. The highest BCUT2D eigenvalue weighted by atomic mass is 16.6. The third kappa shape index (κ3) is 4.94. The van der Waals surface area contributed by atoms with Gasteiger partial charge in [0.2, 0.25) is 0 Å². The molecule has 0 bridgehead atoms. The van der Waals surface area contributed by atoms with E-state index in [1.807, 2.05) is 18.2 Å². The fourth-order valence-corrected chi connectivity index (χ4v) is 2.34. The molecule has 25 heavy (non-hydrogen) atoms. The molecule has 7 nitrogen and oxygen atoms in total. The summed E-state index contributed by atoms with van der Waals surface area (Å²) in [5, 5.41) is 13.9. The van der Waals surface area contributed by atoms with Crippen molar-refractivity contribution < 1.29 is 9.66 Å². The molecule has 2 rings (SSSR count). The SMILES string of the molecule is COc1ccc([N+](=O)[O-])cc1CN=C(N)Nc1cccc(C(C)C)c1. The quantitative estimate of drug-likeness (QED) is 0.361. The van der Waals surface area contributed by atoms with Crippen molar-refractivity contribution in [3.05, 3.63) is 63.7 Å². The maximum atomic E-state index is 10.9. The summed E-state index contributed by atoms with van der Waals surface area (Å²) in [5.41, 5.74) is 8.55. The zero-order valence-electron chi connectivity index (χ0n) is 14.5. The lowest BCUT2D eigenvalue weighted by molar-refractivity contribution is -0.384. The molecular weight excluding hydrogens is 320 g/mol. The molecule has 2 aromatic rings. The smallest absolute Gasteiger partial charge is 0.270 e. The minimum Gasteiger partial charge on any atom is -0.496 e. The zero-order chi connectivity index (χ0) is 18.4. The highest BCUT2D eigenvalue weighted by Gasteiger charge is 2.11. The molecule has 132 valence electrons. The van der Waals surface area contributed by atoms with Crippen LogP contribution < -0.4 is 15.8 Å². The monoisotopic (exact) mass is 342 g/mol. The van der Waals surface area contributed by atoms with Gasteiger partial charge in [0.1, 0.15) is 5.75 Å². The van der Waals surface area contributed by atoms with Gasteiger partial charge >= 0.3 is 0 Å². The number of nitro groups is 1. The molecule has 0 heterocycles. The van der Waals surface area contributed by atoms with E-state index >= 15 is 0 Å². The molecule has 0 amide bonds. The van der Waals surface area contributed by atoms with Crippen molar-refractivity contribution in [3.63, 3.8) is 0 Å². The summed E-state index contributed by atoms with van der Waals surface area (Å²) in [6.45, 7) is 4.41. The first kappa shape index (κ1) is 18.3. The Morgan fingerprint density at radius 2 is 2.08 bits per heavy atom. The molecule has 0 unspecified atom stereocenters. The van der Waals surface area contributed by atoms with Crippen molar-refractivity contribution in [3.8, 4) is 5.75 Å². The summed E-state index contributed by atoms with van der Waals surface area (Å²) in [6, 6.07) is 12.3. The Morgan fingerprint density at radius 3 is 2.72 bits per heavy atom. The number of methoxy groups -OCH3 is 1. The maximum Gasteiger partial charge on any atom is 0.270 e. The summed E-state index contributed by atoms with van der Waals surface area (Å²) in [6.07, 6.45) is 0. The van der Waals surface area contributed by atoms with E-state index in [2.05, 4.69) is 30.2 Å². The first-order valence-electron chi connectivity index (χ1n) is 7.89. The van der Waals surface area contributed by atoms with E-state index in [0.717, 1.165) is 5.69 Å². The van der Waals surface area contributed by atoms with Gasteiger partial charge in [0.15, 0.2) is 5.96 Å². The van der Waals surface area contributed by atoms with Crippen LogP contribution in [0.4, 0.5) is 11.4 Å². The van der Waals surface area contributed by atoms with Crippen molar-refractivity contribution in [1.29, 1.82) is 0 Å². The summed E-state index contributed by atoms with van der Waals surface area (Å²) in [5.74, 6) is 1.17. The number of nitrogens with two attached hydrogens (primary N) is 1. The Morgan fingerprint density at radius 1 is 1.32 bits per heavy atom. The highest BCUT2D eigenvalue weighted by molar-refractivity contribution is 5.92. The molecule has 0 aliphatic rings. The Kier molecular flexibility index (Phi) is 5.94. The lowest BCUT2D eigenvalue weighted by atomic mass is 10.0. The molecule has 0 aliphatic carbocycles. The number of nitrogens with zero attached hydrogens (tertiary/aromatic N) is 2. The number of non-ortho nitro benzene ring substituents is 1. The van der Waals surface area contributed by atoms with Gasteiger partial charge in [-0.3, -0.25) is 10.1 Å². The maximum absolute atomic E-state index is 10.9. The van der Waals surface area contributed by atoms with Crippen LogP contribution >= 0.6 is 0 Å². The van der Waals surface area contributed by atoms with Crippen molar-refractivity contribution >= 4 is 17.3 Å². The van der Waals surface area contributed by atoms with E-state index in [0.29, 0.717) is 17.2 Å². The van der Waals surface area contributed by atoms with Gasteiger partial charge in [0, 0.05) is 23.4 Å². The molecule has 0 saturated heterocycles. The average Bonchev–Trinajstić information content (AvgIpc) is 2.59. The van der Waals surface area contributed by atoms with Gasteiger partial charge < -0.3 is 15.8 Å². The Balaban J connectivity index is 2.14. The molecule has 0 atom stereocenters. The number of ether oxygens (including phenoxy) is 1. The second-order valence-electron chi connectivity index (χ2n) is 5.86. The summed E-state index contributed by atoms with van der Waals surface area (Å²) >= 11 is 0. The molecule has 0 spiro atoms. The fraction of sp³-hybridized carbons (Fsp3) is 0.278. The van der Waals surface area contributed by atoms with Gasteiger partial charge in [-0.05, 0) is 29.7 Å². The van der Waals surface area contributed by atoms with Crippen molar-refractivity contribution in [2.45, 2.75) is 26.3 Å². The number of anilines is 1. The van der Waals surface area contributed by atoms with Gasteiger partial charge in [-0.15, -0.1) is 0 Å². The number of nitro benzene ring substituents is 1. The van der Waals surface area contributed by atoms with E-state index < -0.39 is 4.92 Å². The first-order valence-corrected chi connectivity index (χ1v) is 7.89. The Bertz CT molecular complexity index is 788. The normalized spacial score (nSPS) is 11.4. The predicted octanol–water partition coefficient (Wildman–Crippen LogP) is 3.65. The third-order valence-electron chi connectivity index (χ3n) is 3.72. The summed E-state index contributed by atoms with van der Waals surface area (Å²) in [7, 11) is 1.51. The van der Waals surface area contributed by atoms with Crippen LogP contribution in [-0.2, 0) is 6.54 Å². The third-order valence-corrected chi connectivity index (χ3v) is 3.72. The van der Waals surface area contributed by atoms with Gasteiger partial charge in [0.05, 0.1) is 18.6 Å². The number of rotatable bonds is 6. The molecule has 0 aromatic heterocycles. The molecule has 3 N–H and O–H groups in total. The van der Waals surface area contributed by atoms with Crippen LogP contribution in [0.3, 0.4) is 0 Å². The van der Waals surface area contributed by atoms with Gasteiger partial charge in [-0.1, -0.05) is 26.0 Å². The Labute approximate surface area is 146 Å². The Hall–Kier alpha value is -3.09. The molecule has 0 saturated carbocycles. The lowest BCUT2D eigenvalue weighted by Crippen LogP contribution is -2.22. The van der Waals surface area contributed by atoms with E-state index in [1.165, 1.54) is 24.8 Å². The average molecular weight is 342 g/mol. The second kappa shape index (κ2) is 8.14. The lowest BCUT2D eigenvalue weighted by Gasteiger charge is -2.10. The number of nitrogens with one attached hydrogen (secondary N) is 1. The van der Waals surface area contributed by atoms with Crippen LogP contribution in [0.2, 0.25) is 0 Å². The van der Waals surface area contributed by atoms with Crippen LogP contribution in [0, 0.1) is 10.1 Å². The standard InChI is InChI=1S/C18H22N4O3/c1-12(2)13-5-4-6-15(9-13)21-18(19)20-11-14-10-16(22(23)24)7-8-17(14)25-3/h4-10,12H,11H2,1-3H3,(H3,19,20,21). The van der Waals surface area contributed by atoms with Crippen molar-refractivity contribution in [2.75, 3.05) is 12.4 Å². The van der Waals surface area contributed by atoms with E-state index in [4.69, 9.17) is 10.5 Å². The van der Waals surface area contributed by atoms with E-state index in [1.54, 1.807) is 6.07 Å². The second-order valence-corrected chi connectivity index (χ2v) is 5.86. The zero-order valence-corrected chi connectivity index (χ0v) is 14.5. The van der Waals surface area contributed by atoms with Gasteiger partial charge in [-0.25, -0.2) is 4.99 Å². The van der Waals surface area contributed by atoms with E-state index in [9.17, 15) is 10.1 Å². The molecule has 7 heteroatoms. The van der Waals surface area contributed by atoms with Crippen LogP contribution in [0.5, 0.6) is 5.75 Å². The van der Waals surface area contributed by atoms with Crippen molar-refractivity contribution in [1.82, 2.24) is 0 Å². The van der Waals surface area contributed by atoms with Crippen LogP contribution in [0.1, 0.15) is 30.9 Å². The van der Waals surface area contributed by atoms with Crippen LogP contribution in [-0.4, -0.2) is 18.0 Å². The number of aliphatic imine (C=N–C) groups is 1. The minimum atomic E-state index is -0.453. The van der Waals surface area contributed by atoms with E-state index in [-0.39, 0.29) is 18.2 Å². The number of guanidine groups is 1. The van der Waals surface area contributed by atoms with Crippen LogP contribution in [0.25, 0.3) is 0 Å². The number of hydrogen-bond donors (Lipinski definition) is 2. The highest BCUT2D eigenvalue weighted by Crippen LogP contribution is 2.24. The number of benzene rings is 2. The van der Waals surface area contributed by atoms with Gasteiger partial charge in [0.25, 0.3) is 5.69 Å². The summed E-state index contributed by atoms with van der Waals surface area (Å²) < 4.78 is 5.22. The topological polar surface area (TPSA) is 103 Å². The molecule has 0 aliphatic heterocycles. The molecule has 0 fully saturated rings. The molecule has 2 aromatic carbocycles. The summed E-state index contributed by atoms with van der Waals surface area (Å²) in [4.78, 5) is 14.7.